The van der Waals surface area contributed by atoms with Crippen molar-refractivity contribution in [2.45, 2.75) is 31.1 Å². The van der Waals surface area contributed by atoms with E-state index in [1.807, 2.05) is 12.1 Å². The quantitative estimate of drug-likeness (QED) is 0.378. The van der Waals surface area contributed by atoms with Gasteiger partial charge >= 0.3 is 0 Å². The highest BCUT2D eigenvalue weighted by Gasteiger charge is 2.31. The molecule has 0 saturated heterocycles. The lowest BCUT2D eigenvalue weighted by Crippen LogP contribution is -2.40. The number of anilines is 1. The molecule has 3 aromatic carbocycles. The topological polar surface area (TPSA) is 72.9 Å². The van der Waals surface area contributed by atoms with Gasteiger partial charge in [0.2, 0.25) is 0 Å². The number of methoxy groups -OCH3 is 1. The van der Waals surface area contributed by atoms with Gasteiger partial charge in [-0.3, -0.25) is 4.79 Å². The van der Waals surface area contributed by atoms with Crippen molar-refractivity contribution in [3.63, 3.8) is 0 Å². The minimum Gasteiger partial charge on any atom is -0.497 e. The summed E-state index contributed by atoms with van der Waals surface area (Å²) in [5, 5.41) is 0.398. The third-order valence-electron chi connectivity index (χ3n) is 4.99. The minimum atomic E-state index is -4.19. The number of hydrogen-bond acceptors (Lipinski definition) is 5. The summed E-state index contributed by atoms with van der Waals surface area (Å²) < 4.78 is 38.3. The van der Waals surface area contributed by atoms with Gasteiger partial charge in [0.15, 0.2) is 6.61 Å². The molecular weight excluding hydrogens is 462 g/mol. The zero-order valence-corrected chi connectivity index (χ0v) is 20.1. The molecule has 0 bridgehead atoms. The number of halogens is 1. The molecule has 8 heteroatoms. The van der Waals surface area contributed by atoms with Crippen LogP contribution in [0.5, 0.6) is 11.5 Å². The third-order valence-corrected chi connectivity index (χ3v) is 7.01. The molecule has 3 aromatic rings. The molecule has 0 aliphatic rings. The van der Waals surface area contributed by atoms with E-state index in [-0.39, 0.29) is 10.6 Å². The van der Waals surface area contributed by atoms with Crippen LogP contribution in [0.25, 0.3) is 0 Å². The molecular formula is C25H26ClNO5S. The van der Waals surface area contributed by atoms with Crippen molar-refractivity contribution in [1.29, 1.82) is 0 Å². The number of carbonyl (C=O) groups is 1. The summed E-state index contributed by atoms with van der Waals surface area (Å²) in [7, 11) is -2.64. The molecule has 0 unspecified atom stereocenters. The van der Waals surface area contributed by atoms with Crippen LogP contribution in [0.3, 0.4) is 0 Å². The van der Waals surface area contributed by atoms with Gasteiger partial charge in [0.1, 0.15) is 11.5 Å². The van der Waals surface area contributed by atoms with E-state index in [0.717, 1.165) is 29.1 Å². The van der Waals surface area contributed by atoms with Crippen molar-refractivity contribution < 1.29 is 22.7 Å². The molecule has 1 amide bonds. The van der Waals surface area contributed by atoms with Crippen LogP contribution in [0.4, 0.5) is 5.69 Å². The fourth-order valence-electron chi connectivity index (χ4n) is 3.18. The largest absolute Gasteiger partial charge is 0.497 e. The maximum Gasteiger partial charge on any atom is 0.278 e. The average Bonchev–Trinajstić information content (AvgIpc) is 2.83. The summed E-state index contributed by atoms with van der Waals surface area (Å²) >= 11 is 5.91. The summed E-state index contributed by atoms with van der Waals surface area (Å²) in [6.07, 6.45) is 2.97. The lowest BCUT2D eigenvalue weighted by atomic mass is 10.1. The van der Waals surface area contributed by atoms with Crippen LogP contribution in [0.2, 0.25) is 5.02 Å². The number of rotatable bonds is 10. The summed E-state index contributed by atoms with van der Waals surface area (Å²) in [5.41, 5.74) is 1.32. The fourth-order valence-corrected chi connectivity index (χ4v) is 4.72. The zero-order chi connectivity index (χ0) is 23.8. The van der Waals surface area contributed by atoms with E-state index in [9.17, 15) is 13.2 Å². The Kier molecular flexibility index (Phi) is 8.36. The van der Waals surface area contributed by atoms with E-state index < -0.39 is 22.5 Å². The number of carbonyl (C=O) groups excluding carboxylic acids is 1. The molecule has 0 fully saturated rings. The highest BCUT2D eigenvalue weighted by Crippen LogP contribution is 2.26. The molecule has 3 rings (SSSR count). The van der Waals surface area contributed by atoms with Crippen LogP contribution >= 0.6 is 11.6 Å². The maximum absolute atomic E-state index is 13.4. The van der Waals surface area contributed by atoms with Crippen molar-refractivity contribution in [2.24, 2.45) is 0 Å². The van der Waals surface area contributed by atoms with Gasteiger partial charge in [0, 0.05) is 5.02 Å². The zero-order valence-electron chi connectivity index (χ0n) is 18.5. The van der Waals surface area contributed by atoms with Crippen molar-refractivity contribution in [3.05, 3.63) is 83.4 Å². The number of nitrogens with zero attached hydrogens (tertiary/aromatic N) is 1. The highest BCUT2D eigenvalue weighted by atomic mass is 35.5. The van der Waals surface area contributed by atoms with E-state index >= 15 is 0 Å². The molecule has 0 aliphatic carbocycles. The predicted molar refractivity (Wildman–Crippen MR) is 130 cm³/mol. The first-order valence-corrected chi connectivity index (χ1v) is 12.4. The molecule has 0 radical (unpaired) electrons. The molecule has 33 heavy (non-hydrogen) atoms. The maximum atomic E-state index is 13.4. The molecule has 0 heterocycles. The van der Waals surface area contributed by atoms with Crippen LogP contribution in [0.15, 0.2) is 77.7 Å². The molecule has 0 saturated carbocycles. The second-order valence-corrected chi connectivity index (χ2v) is 9.57. The number of benzene rings is 3. The predicted octanol–water partition coefficient (Wildman–Crippen LogP) is 5.49. The molecule has 0 aliphatic heterocycles. The van der Waals surface area contributed by atoms with Crippen LogP contribution in [0.1, 0.15) is 25.3 Å². The Morgan fingerprint density at radius 1 is 0.909 bits per heavy atom. The Balaban J connectivity index is 1.90. The number of unbranched alkanes of at least 4 members (excludes halogenated alkanes) is 1. The summed E-state index contributed by atoms with van der Waals surface area (Å²) in [4.78, 5) is 13.1. The fraction of sp³-hybridized carbons (Fsp3) is 0.240. The molecule has 6 nitrogen and oxygen atoms in total. The molecule has 0 N–H and O–H groups in total. The van der Waals surface area contributed by atoms with E-state index in [0.29, 0.717) is 16.5 Å². The van der Waals surface area contributed by atoms with Crippen molar-refractivity contribution in [1.82, 2.24) is 0 Å². The first kappa shape index (κ1) is 24.6. The molecule has 0 aromatic heterocycles. The number of aryl methyl sites for hydroxylation is 1. The number of sulfonamides is 1. The van der Waals surface area contributed by atoms with Crippen molar-refractivity contribution in [2.75, 3.05) is 18.0 Å². The Morgan fingerprint density at radius 2 is 1.52 bits per heavy atom. The van der Waals surface area contributed by atoms with Gasteiger partial charge in [-0.1, -0.05) is 37.1 Å². The van der Waals surface area contributed by atoms with E-state index in [1.54, 1.807) is 43.5 Å². The number of hydrogen-bond donors (Lipinski definition) is 0. The smallest absolute Gasteiger partial charge is 0.278 e. The summed E-state index contributed by atoms with van der Waals surface area (Å²) in [5.74, 6) is 0.341. The summed E-state index contributed by atoms with van der Waals surface area (Å²) in [6, 6.07) is 19.3. The first-order valence-electron chi connectivity index (χ1n) is 10.5. The monoisotopic (exact) mass is 487 g/mol. The second kappa shape index (κ2) is 11.2. The van der Waals surface area contributed by atoms with Crippen molar-refractivity contribution in [3.8, 4) is 11.5 Å². The molecule has 0 spiro atoms. The second-order valence-electron chi connectivity index (χ2n) is 7.35. The SMILES string of the molecule is CCCCc1ccc(N(C(=O)COc2ccc(OC)cc2)S(=O)(=O)c2ccc(Cl)cc2)cc1. The standard InChI is InChI=1S/C25H26ClNO5S/c1-3-4-5-19-6-10-21(11-7-19)27(33(29,30)24-16-8-20(26)9-17-24)25(28)18-32-23-14-12-22(31-2)13-15-23/h6-17H,3-5,18H2,1-2H3. The van der Waals surface area contributed by atoms with E-state index in [1.165, 1.54) is 24.3 Å². The van der Waals surface area contributed by atoms with Gasteiger partial charge in [-0.15, -0.1) is 0 Å². The minimum absolute atomic E-state index is 0.0419. The Bertz CT molecular complexity index is 1160. The molecule has 0 atom stereocenters. The summed E-state index contributed by atoms with van der Waals surface area (Å²) in [6.45, 7) is 1.65. The van der Waals surface area contributed by atoms with Gasteiger partial charge in [-0.05, 0) is 79.1 Å². The van der Waals surface area contributed by atoms with E-state index in [2.05, 4.69) is 6.92 Å². The van der Waals surface area contributed by atoms with Gasteiger partial charge in [0.05, 0.1) is 17.7 Å². The normalized spacial score (nSPS) is 11.1. The van der Waals surface area contributed by atoms with Gasteiger partial charge < -0.3 is 9.47 Å². The first-order chi connectivity index (χ1) is 15.8. The molecule has 174 valence electrons. The lowest BCUT2D eigenvalue weighted by Gasteiger charge is -2.23. The van der Waals surface area contributed by atoms with E-state index in [4.69, 9.17) is 21.1 Å². The van der Waals surface area contributed by atoms with Crippen LogP contribution < -0.4 is 13.8 Å². The number of amides is 1. The van der Waals surface area contributed by atoms with Crippen LogP contribution in [-0.2, 0) is 21.2 Å². The average molecular weight is 488 g/mol. The van der Waals surface area contributed by atoms with Crippen molar-refractivity contribution >= 4 is 33.2 Å². The highest BCUT2D eigenvalue weighted by molar-refractivity contribution is 7.93. The van der Waals surface area contributed by atoms with Crippen LogP contribution in [-0.4, -0.2) is 28.0 Å². The van der Waals surface area contributed by atoms with Gasteiger partial charge in [-0.2, -0.15) is 4.31 Å². The van der Waals surface area contributed by atoms with Gasteiger partial charge in [0.25, 0.3) is 15.9 Å². The van der Waals surface area contributed by atoms with Crippen LogP contribution in [0, 0.1) is 0 Å². The Labute approximate surface area is 199 Å². The van der Waals surface area contributed by atoms with Gasteiger partial charge in [-0.25, -0.2) is 8.42 Å². The Hall–Kier alpha value is -3.03. The lowest BCUT2D eigenvalue weighted by molar-refractivity contribution is -0.119. The third kappa shape index (κ3) is 6.27. The Morgan fingerprint density at radius 3 is 2.09 bits per heavy atom. The number of ether oxygens (including phenoxy) is 2.